The van der Waals surface area contributed by atoms with Crippen molar-refractivity contribution in [2.75, 3.05) is 13.2 Å². The molecule has 1 heterocycles. The lowest BCUT2D eigenvalue weighted by molar-refractivity contribution is -0.139. The smallest absolute Gasteiger partial charge is 0.240 e. The van der Waals surface area contributed by atoms with E-state index in [-0.39, 0.29) is 18.2 Å². The third-order valence-corrected chi connectivity index (χ3v) is 4.72. The van der Waals surface area contributed by atoms with Gasteiger partial charge in [0.05, 0.1) is 12.0 Å². The van der Waals surface area contributed by atoms with Crippen LogP contribution in [0.25, 0.3) is 0 Å². The largest absolute Gasteiger partial charge is 0.494 e. The number of carbonyl (C=O) groups is 2. The zero-order chi connectivity index (χ0) is 17.9. The molecule has 1 aliphatic heterocycles. The van der Waals surface area contributed by atoms with Gasteiger partial charge in [0.25, 0.3) is 0 Å². The summed E-state index contributed by atoms with van der Waals surface area (Å²) in [7, 11) is 0. The van der Waals surface area contributed by atoms with E-state index in [1.807, 2.05) is 68.4 Å². The molecular formula is C21H23NO3. The van der Waals surface area contributed by atoms with Crippen LogP contribution in [0.3, 0.4) is 0 Å². The molecule has 1 fully saturated rings. The van der Waals surface area contributed by atoms with E-state index in [0.29, 0.717) is 19.6 Å². The van der Waals surface area contributed by atoms with Gasteiger partial charge < -0.3 is 4.74 Å². The molecule has 1 atom stereocenters. The van der Waals surface area contributed by atoms with Crippen LogP contribution >= 0.6 is 0 Å². The van der Waals surface area contributed by atoms with Crippen LogP contribution in [0.1, 0.15) is 30.9 Å². The van der Waals surface area contributed by atoms with Crippen molar-refractivity contribution < 1.29 is 14.3 Å². The minimum absolute atomic E-state index is 0.105. The molecule has 0 aromatic heterocycles. The Morgan fingerprint density at radius 3 is 2.56 bits per heavy atom. The van der Waals surface area contributed by atoms with Gasteiger partial charge in [-0.05, 0) is 43.5 Å². The van der Waals surface area contributed by atoms with E-state index in [9.17, 15) is 9.59 Å². The highest BCUT2D eigenvalue weighted by molar-refractivity contribution is 6.08. The second-order valence-corrected chi connectivity index (χ2v) is 6.74. The highest BCUT2D eigenvalue weighted by atomic mass is 16.5. The van der Waals surface area contributed by atoms with Crippen LogP contribution in [-0.2, 0) is 15.0 Å². The van der Waals surface area contributed by atoms with Crippen molar-refractivity contribution in [1.82, 2.24) is 4.90 Å². The lowest BCUT2D eigenvalue weighted by Crippen LogP contribution is -2.37. The van der Waals surface area contributed by atoms with Gasteiger partial charge in [-0.3, -0.25) is 14.5 Å². The van der Waals surface area contributed by atoms with Gasteiger partial charge in [0.2, 0.25) is 11.8 Å². The monoisotopic (exact) mass is 337 g/mol. The molecule has 1 aliphatic rings. The van der Waals surface area contributed by atoms with Crippen molar-refractivity contribution in [3.63, 3.8) is 0 Å². The number of benzene rings is 2. The zero-order valence-corrected chi connectivity index (χ0v) is 14.7. The first-order chi connectivity index (χ1) is 12.0. The predicted molar refractivity (Wildman–Crippen MR) is 96.4 cm³/mol. The molecule has 2 amide bonds. The lowest BCUT2D eigenvalue weighted by atomic mass is 9.81. The maximum Gasteiger partial charge on any atom is 0.240 e. The molecule has 2 aromatic carbocycles. The number of rotatable bonds is 6. The standard InChI is InChI=1S/C21H23NO3/c1-16-8-6-11-18(14-16)25-13-7-12-22-19(23)15-21(2,20(22)24)17-9-4-3-5-10-17/h3-6,8-11,14H,7,12-13,15H2,1-2H3. The van der Waals surface area contributed by atoms with Crippen LogP contribution in [0.5, 0.6) is 5.75 Å². The van der Waals surface area contributed by atoms with E-state index in [1.165, 1.54) is 4.90 Å². The van der Waals surface area contributed by atoms with Crippen LogP contribution in [0.15, 0.2) is 54.6 Å². The second-order valence-electron chi connectivity index (χ2n) is 6.74. The quantitative estimate of drug-likeness (QED) is 0.599. The molecule has 0 N–H and O–H groups in total. The molecular weight excluding hydrogens is 314 g/mol. The van der Waals surface area contributed by atoms with Crippen LogP contribution in [0, 0.1) is 6.92 Å². The first kappa shape index (κ1) is 17.2. The molecule has 25 heavy (non-hydrogen) atoms. The number of hydrogen-bond donors (Lipinski definition) is 0. The Morgan fingerprint density at radius 1 is 1.08 bits per heavy atom. The van der Waals surface area contributed by atoms with Crippen LogP contribution < -0.4 is 4.74 Å². The fourth-order valence-electron chi connectivity index (χ4n) is 3.26. The SMILES string of the molecule is Cc1cccc(OCCCN2C(=O)CC(C)(c3ccccc3)C2=O)c1. The molecule has 0 radical (unpaired) electrons. The van der Waals surface area contributed by atoms with E-state index in [4.69, 9.17) is 4.74 Å². The summed E-state index contributed by atoms with van der Waals surface area (Å²) in [5, 5.41) is 0. The first-order valence-corrected chi connectivity index (χ1v) is 8.60. The molecule has 0 aliphatic carbocycles. The van der Waals surface area contributed by atoms with E-state index < -0.39 is 5.41 Å². The Morgan fingerprint density at radius 2 is 1.84 bits per heavy atom. The summed E-state index contributed by atoms with van der Waals surface area (Å²) in [6.07, 6.45) is 0.852. The molecule has 1 unspecified atom stereocenters. The van der Waals surface area contributed by atoms with Crippen molar-refractivity contribution in [2.24, 2.45) is 0 Å². The van der Waals surface area contributed by atoms with Gasteiger partial charge in [-0.25, -0.2) is 0 Å². The molecule has 0 spiro atoms. The summed E-state index contributed by atoms with van der Waals surface area (Å²) < 4.78 is 5.70. The highest BCUT2D eigenvalue weighted by Crippen LogP contribution is 2.36. The average Bonchev–Trinajstić information content (AvgIpc) is 2.83. The van der Waals surface area contributed by atoms with Crippen LogP contribution in [-0.4, -0.2) is 29.9 Å². The molecule has 4 nitrogen and oxygen atoms in total. The minimum atomic E-state index is -0.754. The minimum Gasteiger partial charge on any atom is -0.494 e. The van der Waals surface area contributed by atoms with Crippen molar-refractivity contribution in [3.8, 4) is 5.75 Å². The third-order valence-electron chi connectivity index (χ3n) is 4.72. The fraction of sp³-hybridized carbons (Fsp3) is 0.333. The van der Waals surface area contributed by atoms with Crippen molar-refractivity contribution in [2.45, 2.75) is 32.1 Å². The molecule has 130 valence electrons. The number of ether oxygens (including phenoxy) is 1. The maximum atomic E-state index is 12.8. The number of imide groups is 1. The third kappa shape index (κ3) is 3.58. The van der Waals surface area contributed by atoms with E-state index in [1.54, 1.807) is 0 Å². The Hall–Kier alpha value is -2.62. The first-order valence-electron chi connectivity index (χ1n) is 8.60. The van der Waals surface area contributed by atoms with E-state index >= 15 is 0 Å². The summed E-state index contributed by atoms with van der Waals surface area (Å²) in [6.45, 7) is 4.74. The van der Waals surface area contributed by atoms with Crippen molar-refractivity contribution >= 4 is 11.8 Å². The van der Waals surface area contributed by atoms with Crippen molar-refractivity contribution in [1.29, 1.82) is 0 Å². The molecule has 3 rings (SSSR count). The maximum absolute atomic E-state index is 12.8. The normalized spacial score (nSPS) is 20.2. The number of hydrogen-bond acceptors (Lipinski definition) is 3. The highest BCUT2D eigenvalue weighted by Gasteiger charge is 2.48. The van der Waals surface area contributed by atoms with Gasteiger partial charge in [0, 0.05) is 13.0 Å². The summed E-state index contributed by atoms with van der Waals surface area (Å²) >= 11 is 0. The van der Waals surface area contributed by atoms with Gasteiger partial charge in [-0.2, -0.15) is 0 Å². The summed E-state index contributed by atoms with van der Waals surface area (Å²) in [5.74, 6) is 0.597. The average molecular weight is 337 g/mol. The Balaban J connectivity index is 1.58. The van der Waals surface area contributed by atoms with Gasteiger partial charge in [-0.1, -0.05) is 42.5 Å². The molecule has 4 heteroatoms. The molecule has 1 saturated heterocycles. The topological polar surface area (TPSA) is 46.6 Å². The number of amides is 2. The number of aryl methyl sites for hydroxylation is 1. The van der Waals surface area contributed by atoms with Gasteiger partial charge in [0.15, 0.2) is 0 Å². The van der Waals surface area contributed by atoms with Crippen LogP contribution in [0.4, 0.5) is 0 Å². The number of carbonyl (C=O) groups excluding carboxylic acids is 2. The number of likely N-dealkylation sites (tertiary alicyclic amines) is 1. The van der Waals surface area contributed by atoms with Crippen LogP contribution in [0.2, 0.25) is 0 Å². The van der Waals surface area contributed by atoms with E-state index in [0.717, 1.165) is 16.9 Å². The van der Waals surface area contributed by atoms with Gasteiger partial charge >= 0.3 is 0 Å². The molecule has 0 saturated carbocycles. The Bertz CT molecular complexity index is 772. The fourth-order valence-corrected chi connectivity index (χ4v) is 3.26. The lowest BCUT2D eigenvalue weighted by Gasteiger charge is -2.22. The number of nitrogens with zero attached hydrogens (tertiary/aromatic N) is 1. The van der Waals surface area contributed by atoms with Gasteiger partial charge in [0.1, 0.15) is 5.75 Å². The summed E-state index contributed by atoms with van der Waals surface area (Å²) in [5.41, 5.74) is 1.28. The van der Waals surface area contributed by atoms with Crippen molar-refractivity contribution in [3.05, 3.63) is 65.7 Å². The predicted octanol–water partition coefficient (Wildman–Crippen LogP) is 3.48. The summed E-state index contributed by atoms with van der Waals surface area (Å²) in [4.78, 5) is 26.5. The summed E-state index contributed by atoms with van der Waals surface area (Å²) in [6, 6.07) is 17.4. The van der Waals surface area contributed by atoms with Gasteiger partial charge in [-0.15, -0.1) is 0 Å². The Kier molecular flexibility index (Phi) is 4.88. The molecule has 0 bridgehead atoms. The molecule has 2 aromatic rings. The zero-order valence-electron chi connectivity index (χ0n) is 14.7. The second kappa shape index (κ2) is 7.09. The van der Waals surface area contributed by atoms with E-state index in [2.05, 4.69) is 0 Å². The Labute approximate surface area is 148 Å².